The van der Waals surface area contributed by atoms with E-state index in [1.165, 1.54) is 54.5 Å². The van der Waals surface area contributed by atoms with E-state index in [4.69, 9.17) is 0 Å². The van der Waals surface area contributed by atoms with Crippen molar-refractivity contribution in [2.24, 2.45) is 0 Å². The lowest BCUT2D eigenvalue weighted by Crippen LogP contribution is -2.35. The summed E-state index contributed by atoms with van der Waals surface area (Å²) < 4.78 is 0. The summed E-state index contributed by atoms with van der Waals surface area (Å²) in [4.78, 5) is 44.2. The first-order valence-corrected chi connectivity index (χ1v) is 9.12. The molecule has 0 aromatic carbocycles. The van der Waals surface area contributed by atoms with Crippen molar-refractivity contribution in [2.45, 2.75) is 51.0 Å². The van der Waals surface area contributed by atoms with Crippen molar-refractivity contribution >= 4 is 34.3 Å². The zero-order valence-electron chi connectivity index (χ0n) is 14.0. The van der Waals surface area contributed by atoms with E-state index in [1.54, 1.807) is 0 Å². The normalized spacial score (nSPS) is 21.5. The number of imide groups is 1. The number of fused-ring (bicyclic) bond motifs is 1. The van der Waals surface area contributed by atoms with Crippen molar-refractivity contribution in [2.75, 3.05) is 19.4 Å². The predicted molar refractivity (Wildman–Crippen MR) is 91.0 cm³/mol. The average molecular weight is 350 g/mol. The summed E-state index contributed by atoms with van der Waals surface area (Å²) in [7, 11) is 2.97. The van der Waals surface area contributed by atoms with Crippen LogP contribution in [0.4, 0.5) is 9.93 Å². The lowest BCUT2D eigenvalue weighted by Gasteiger charge is -2.15. The van der Waals surface area contributed by atoms with E-state index in [0.717, 1.165) is 29.9 Å². The van der Waals surface area contributed by atoms with Gasteiger partial charge in [0.1, 0.15) is 6.04 Å². The molecule has 7 nitrogen and oxygen atoms in total. The lowest BCUT2D eigenvalue weighted by atomic mass is 10.0. The zero-order chi connectivity index (χ0) is 17.3. The van der Waals surface area contributed by atoms with Gasteiger partial charge in [0.05, 0.1) is 12.1 Å². The molecular weight excluding hydrogens is 328 g/mol. The molecule has 1 saturated heterocycles. The Morgan fingerprint density at radius 3 is 2.58 bits per heavy atom. The van der Waals surface area contributed by atoms with Crippen LogP contribution in [0.15, 0.2) is 0 Å². The molecule has 1 fully saturated rings. The number of anilines is 1. The van der Waals surface area contributed by atoms with Gasteiger partial charge in [-0.15, -0.1) is 11.3 Å². The van der Waals surface area contributed by atoms with Gasteiger partial charge >= 0.3 is 6.03 Å². The first-order chi connectivity index (χ1) is 11.5. The van der Waals surface area contributed by atoms with Gasteiger partial charge in [-0.05, 0) is 25.7 Å². The van der Waals surface area contributed by atoms with Crippen LogP contribution < -0.4 is 5.32 Å². The molecule has 1 aliphatic carbocycles. The maximum atomic E-state index is 12.3. The standard InChI is InChI=1S/C16H22N4O3S/c1-19-11(14(22)20(2)16(19)23)9-13(21)18-15-17-10-7-5-3-4-6-8-12(10)24-15/h11H,3-9H2,1-2H3,(H,17,18,21). The van der Waals surface area contributed by atoms with E-state index < -0.39 is 6.04 Å². The van der Waals surface area contributed by atoms with E-state index in [9.17, 15) is 14.4 Å². The summed E-state index contributed by atoms with van der Waals surface area (Å²) in [5.41, 5.74) is 1.10. The van der Waals surface area contributed by atoms with Crippen LogP contribution in [0.5, 0.6) is 0 Å². The molecule has 0 bridgehead atoms. The Morgan fingerprint density at radius 1 is 1.21 bits per heavy atom. The molecule has 1 N–H and O–H groups in total. The molecular formula is C16H22N4O3S. The van der Waals surface area contributed by atoms with Crippen LogP contribution in [0.25, 0.3) is 0 Å². The number of hydrogen-bond donors (Lipinski definition) is 1. The maximum absolute atomic E-state index is 12.3. The number of rotatable bonds is 3. The minimum absolute atomic E-state index is 0.0460. The van der Waals surface area contributed by atoms with Crippen LogP contribution in [0.2, 0.25) is 0 Å². The smallest absolute Gasteiger partial charge is 0.315 e. The molecule has 0 spiro atoms. The van der Waals surface area contributed by atoms with Gasteiger partial charge in [-0.3, -0.25) is 14.5 Å². The van der Waals surface area contributed by atoms with Gasteiger partial charge in [-0.25, -0.2) is 9.78 Å². The first-order valence-electron chi connectivity index (χ1n) is 8.30. The maximum Gasteiger partial charge on any atom is 0.326 e. The van der Waals surface area contributed by atoms with Gasteiger partial charge < -0.3 is 10.2 Å². The van der Waals surface area contributed by atoms with Crippen molar-refractivity contribution < 1.29 is 14.4 Å². The highest BCUT2D eigenvalue weighted by Crippen LogP contribution is 2.28. The Kier molecular flexibility index (Phi) is 4.84. The first kappa shape index (κ1) is 16.9. The van der Waals surface area contributed by atoms with E-state index >= 15 is 0 Å². The fourth-order valence-electron chi connectivity index (χ4n) is 3.18. The Hall–Kier alpha value is -1.96. The summed E-state index contributed by atoms with van der Waals surface area (Å²) in [5.74, 6) is -0.630. The molecule has 0 radical (unpaired) electrons. The van der Waals surface area contributed by atoms with Crippen LogP contribution in [0.3, 0.4) is 0 Å². The quantitative estimate of drug-likeness (QED) is 0.846. The molecule has 0 saturated carbocycles. The largest absolute Gasteiger partial charge is 0.326 e. The van der Waals surface area contributed by atoms with Gasteiger partial charge in [-0.1, -0.05) is 12.8 Å². The van der Waals surface area contributed by atoms with Crippen molar-refractivity contribution in [1.82, 2.24) is 14.8 Å². The Balaban J connectivity index is 1.64. The summed E-state index contributed by atoms with van der Waals surface area (Å²) in [6.07, 6.45) is 6.72. The van der Waals surface area contributed by atoms with Crippen LogP contribution >= 0.6 is 11.3 Å². The zero-order valence-corrected chi connectivity index (χ0v) is 14.8. The fourth-order valence-corrected chi connectivity index (χ4v) is 4.25. The van der Waals surface area contributed by atoms with Gasteiger partial charge in [0.25, 0.3) is 5.91 Å². The SMILES string of the molecule is CN1C(=O)C(CC(=O)Nc2nc3c(s2)CCCCCC3)N(C)C1=O. The molecule has 4 amide bonds. The van der Waals surface area contributed by atoms with Gasteiger partial charge in [0.2, 0.25) is 5.91 Å². The summed E-state index contributed by atoms with van der Waals surface area (Å²) in [6, 6.07) is -1.11. The summed E-state index contributed by atoms with van der Waals surface area (Å²) in [6.45, 7) is 0. The van der Waals surface area contributed by atoms with Crippen molar-refractivity contribution in [3.05, 3.63) is 10.6 Å². The fraction of sp³-hybridized carbons (Fsp3) is 0.625. The van der Waals surface area contributed by atoms with Crippen LogP contribution in [0.1, 0.15) is 42.7 Å². The highest BCUT2D eigenvalue weighted by atomic mass is 32.1. The second-order valence-corrected chi connectivity index (χ2v) is 7.45. The topological polar surface area (TPSA) is 82.6 Å². The molecule has 3 rings (SSSR count). The van der Waals surface area contributed by atoms with Gasteiger partial charge in [0, 0.05) is 19.0 Å². The highest BCUT2D eigenvalue weighted by Gasteiger charge is 2.41. The number of nitrogens with one attached hydrogen (secondary N) is 1. The molecule has 130 valence electrons. The highest BCUT2D eigenvalue weighted by molar-refractivity contribution is 7.15. The molecule has 1 aromatic rings. The Bertz CT molecular complexity index is 647. The average Bonchev–Trinajstić information content (AvgIpc) is 2.97. The number of nitrogens with zero attached hydrogens (tertiary/aromatic N) is 3. The number of aryl methyl sites for hydroxylation is 2. The third kappa shape index (κ3) is 3.28. The summed E-state index contributed by atoms with van der Waals surface area (Å²) in [5, 5.41) is 3.39. The van der Waals surface area contributed by atoms with Crippen molar-refractivity contribution in [1.29, 1.82) is 0 Å². The summed E-state index contributed by atoms with van der Waals surface area (Å²) >= 11 is 1.53. The molecule has 8 heteroatoms. The monoisotopic (exact) mass is 350 g/mol. The van der Waals surface area contributed by atoms with Crippen LogP contribution in [0, 0.1) is 0 Å². The third-order valence-electron chi connectivity index (χ3n) is 4.64. The molecule has 2 aliphatic rings. The second-order valence-electron chi connectivity index (χ2n) is 6.36. The number of carbonyl (C=O) groups is 3. The van der Waals surface area contributed by atoms with E-state index in [2.05, 4.69) is 10.3 Å². The Morgan fingerprint density at radius 2 is 1.92 bits per heavy atom. The van der Waals surface area contributed by atoms with Gasteiger partial charge in [0.15, 0.2) is 5.13 Å². The Labute approximate surface area is 145 Å². The minimum atomic E-state index is -0.733. The van der Waals surface area contributed by atoms with E-state index in [0.29, 0.717) is 5.13 Å². The molecule has 1 unspecified atom stereocenters. The van der Waals surface area contributed by atoms with Crippen molar-refractivity contribution in [3.63, 3.8) is 0 Å². The predicted octanol–water partition coefficient (Wildman–Crippen LogP) is 2.02. The molecule has 1 aliphatic heterocycles. The van der Waals surface area contributed by atoms with Crippen LogP contribution in [-0.2, 0) is 22.4 Å². The van der Waals surface area contributed by atoms with E-state index in [1.807, 2.05) is 0 Å². The molecule has 24 heavy (non-hydrogen) atoms. The molecule has 1 atom stereocenters. The van der Waals surface area contributed by atoms with Gasteiger partial charge in [-0.2, -0.15) is 0 Å². The number of likely N-dealkylation sites (N-methyl/N-ethyl adjacent to an activating group) is 2. The van der Waals surface area contributed by atoms with Crippen molar-refractivity contribution in [3.8, 4) is 0 Å². The second kappa shape index (κ2) is 6.88. The number of thiazole rings is 1. The third-order valence-corrected chi connectivity index (χ3v) is 5.72. The number of carbonyl (C=O) groups excluding carboxylic acids is 3. The van der Waals surface area contributed by atoms with Crippen LogP contribution in [-0.4, -0.2) is 52.8 Å². The number of aromatic nitrogens is 1. The van der Waals surface area contributed by atoms with E-state index in [-0.39, 0.29) is 24.3 Å². The number of hydrogen-bond acceptors (Lipinski definition) is 5. The number of urea groups is 1. The number of amides is 4. The molecule has 1 aromatic heterocycles. The lowest BCUT2D eigenvalue weighted by molar-refractivity contribution is -0.129. The minimum Gasteiger partial charge on any atom is -0.315 e. The molecule has 2 heterocycles.